The van der Waals surface area contributed by atoms with Gasteiger partial charge in [0.2, 0.25) is 0 Å². The van der Waals surface area contributed by atoms with E-state index < -0.39 is 0 Å². The highest BCUT2D eigenvalue weighted by molar-refractivity contribution is 9.10. The van der Waals surface area contributed by atoms with Gasteiger partial charge < -0.3 is 0 Å². The van der Waals surface area contributed by atoms with Gasteiger partial charge in [-0.15, -0.1) is 0 Å². The molecule has 1 heterocycles. The van der Waals surface area contributed by atoms with E-state index in [9.17, 15) is 0 Å². The number of hydrogen-bond donors (Lipinski definition) is 0. The van der Waals surface area contributed by atoms with Crippen molar-refractivity contribution in [3.63, 3.8) is 0 Å². The number of rotatable bonds is 4. The molecule has 1 atom stereocenters. The molecule has 0 bridgehead atoms. The fraction of sp³-hybridized carbons (Fsp3) is 0.0870. The van der Waals surface area contributed by atoms with Gasteiger partial charge in [-0.2, -0.15) is 5.10 Å². The third-order valence-electron chi connectivity index (χ3n) is 4.60. The van der Waals surface area contributed by atoms with Crippen molar-refractivity contribution in [2.45, 2.75) is 12.5 Å². The topological polar surface area (TPSA) is 15.6 Å². The quantitative estimate of drug-likeness (QED) is 0.344. The minimum atomic E-state index is 0.135. The predicted octanol–water partition coefficient (Wildman–Crippen LogP) is 7.89. The molecule has 2 nitrogen and oxygen atoms in total. The van der Waals surface area contributed by atoms with Crippen LogP contribution in [0.15, 0.2) is 92.9 Å². The monoisotopic (exact) mass is 514 g/mol. The molecular weight excluding hydrogens is 500 g/mol. The molecule has 3 aromatic carbocycles. The highest BCUT2D eigenvalue weighted by Crippen LogP contribution is 2.36. The Hall–Kier alpha value is -1.88. The lowest BCUT2D eigenvalue weighted by molar-refractivity contribution is 0.709. The van der Waals surface area contributed by atoms with Crippen LogP contribution >= 0.6 is 43.5 Å². The van der Waals surface area contributed by atoms with E-state index in [1.54, 1.807) is 0 Å². The van der Waals surface area contributed by atoms with E-state index in [-0.39, 0.29) is 6.04 Å². The molecular formula is C23H17Br2ClN2. The van der Waals surface area contributed by atoms with E-state index in [1.165, 1.54) is 5.56 Å². The fourth-order valence-electron chi connectivity index (χ4n) is 3.20. The van der Waals surface area contributed by atoms with E-state index in [0.717, 1.165) is 32.3 Å². The van der Waals surface area contributed by atoms with Crippen molar-refractivity contribution >= 4 is 60.9 Å². The fourth-order valence-corrected chi connectivity index (χ4v) is 3.91. The molecule has 4 rings (SSSR count). The molecule has 1 aliphatic rings. The minimum absolute atomic E-state index is 0.135. The first-order valence-electron chi connectivity index (χ1n) is 8.90. The Labute approximate surface area is 186 Å². The summed E-state index contributed by atoms with van der Waals surface area (Å²) in [6.07, 6.45) is 5.03. The highest BCUT2D eigenvalue weighted by atomic mass is 79.9. The van der Waals surface area contributed by atoms with Gasteiger partial charge in [0.15, 0.2) is 0 Å². The van der Waals surface area contributed by atoms with Crippen LogP contribution in [-0.2, 0) is 0 Å². The van der Waals surface area contributed by atoms with E-state index in [4.69, 9.17) is 16.7 Å². The number of benzene rings is 3. The summed E-state index contributed by atoms with van der Waals surface area (Å²) < 4.78 is 2.14. The van der Waals surface area contributed by atoms with Gasteiger partial charge in [0.05, 0.1) is 17.4 Å². The van der Waals surface area contributed by atoms with Crippen LogP contribution in [0.4, 0.5) is 5.69 Å². The first-order chi connectivity index (χ1) is 13.6. The Morgan fingerprint density at radius 1 is 0.893 bits per heavy atom. The molecule has 0 N–H and O–H groups in total. The first kappa shape index (κ1) is 19.4. The van der Waals surface area contributed by atoms with Crippen LogP contribution in [0.5, 0.6) is 0 Å². The zero-order chi connectivity index (χ0) is 19.5. The number of anilines is 1. The van der Waals surface area contributed by atoms with Gasteiger partial charge in [-0.3, -0.25) is 5.01 Å². The van der Waals surface area contributed by atoms with Gasteiger partial charge in [0.1, 0.15) is 0 Å². The van der Waals surface area contributed by atoms with Crippen LogP contribution in [0.25, 0.3) is 6.08 Å². The molecule has 0 spiro atoms. The Morgan fingerprint density at radius 3 is 2.25 bits per heavy atom. The normalized spacial score (nSPS) is 16.6. The molecule has 0 saturated heterocycles. The number of hydrazone groups is 1. The summed E-state index contributed by atoms with van der Waals surface area (Å²) in [5.74, 6) is 0. The second kappa shape index (κ2) is 8.64. The minimum Gasteiger partial charge on any atom is -0.257 e. The lowest BCUT2D eigenvalue weighted by atomic mass is 10.0. The zero-order valence-corrected chi connectivity index (χ0v) is 18.8. The van der Waals surface area contributed by atoms with Crippen LogP contribution in [0.1, 0.15) is 23.6 Å². The van der Waals surface area contributed by atoms with Crippen LogP contribution < -0.4 is 5.01 Å². The summed E-state index contributed by atoms with van der Waals surface area (Å²) in [5, 5.41) is 7.67. The van der Waals surface area contributed by atoms with Crippen molar-refractivity contribution in [1.29, 1.82) is 0 Å². The second-order valence-corrected chi connectivity index (χ2v) is 8.84. The average molecular weight is 517 g/mol. The molecule has 5 heteroatoms. The summed E-state index contributed by atoms with van der Waals surface area (Å²) >= 11 is 13.2. The highest BCUT2D eigenvalue weighted by Gasteiger charge is 2.28. The van der Waals surface area contributed by atoms with Gasteiger partial charge >= 0.3 is 0 Å². The maximum absolute atomic E-state index is 6.23. The second-order valence-electron chi connectivity index (χ2n) is 6.57. The Balaban J connectivity index is 1.65. The predicted molar refractivity (Wildman–Crippen MR) is 126 cm³/mol. The first-order valence-corrected chi connectivity index (χ1v) is 10.9. The lowest BCUT2D eigenvalue weighted by Crippen LogP contribution is -2.18. The average Bonchev–Trinajstić information content (AvgIpc) is 3.12. The molecule has 3 aromatic rings. The summed E-state index contributed by atoms with van der Waals surface area (Å²) in [7, 11) is 0. The molecule has 0 aromatic heterocycles. The summed E-state index contributed by atoms with van der Waals surface area (Å²) in [5.41, 5.74) is 4.40. The van der Waals surface area contributed by atoms with Gasteiger partial charge in [-0.25, -0.2) is 0 Å². The molecule has 0 saturated carbocycles. The molecule has 1 unspecified atom stereocenters. The van der Waals surface area contributed by atoms with E-state index >= 15 is 0 Å². The zero-order valence-electron chi connectivity index (χ0n) is 14.9. The number of nitrogens with zero attached hydrogens (tertiary/aromatic N) is 2. The summed E-state index contributed by atoms with van der Waals surface area (Å²) in [4.78, 5) is 0. The Morgan fingerprint density at radius 2 is 1.57 bits per heavy atom. The third kappa shape index (κ3) is 4.57. The van der Waals surface area contributed by atoms with E-state index in [1.807, 2.05) is 36.4 Å². The summed E-state index contributed by atoms with van der Waals surface area (Å²) in [6, 6.07) is 24.6. The maximum atomic E-state index is 6.23. The molecule has 0 aliphatic carbocycles. The molecule has 1 aliphatic heterocycles. The SMILES string of the molecule is Clc1cccc(N2N=C(C=Cc3ccc(Br)cc3)CC2c2ccc(Br)cc2)c1. The number of allylic oxidation sites excluding steroid dienone is 1. The van der Waals surface area contributed by atoms with Crippen molar-refractivity contribution in [2.24, 2.45) is 5.10 Å². The standard InChI is InChI=1S/C23H17Br2ClN2/c24-18-9-4-16(5-10-18)6-13-21-15-23(17-7-11-19(25)12-8-17)28(27-21)22-3-1-2-20(26)14-22/h1-14,23H,15H2. The van der Waals surface area contributed by atoms with Crippen LogP contribution in [0.2, 0.25) is 5.02 Å². The van der Waals surface area contributed by atoms with Gasteiger partial charge in [-0.1, -0.05) is 79.9 Å². The van der Waals surface area contributed by atoms with Crippen LogP contribution in [0.3, 0.4) is 0 Å². The van der Waals surface area contributed by atoms with Crippen molar-refractivity contribution < 1.29 is 0 Å². The van der Waals surface area contributed by atoms with Crippen LogP contribution in [-0.4, -0.2) is 5.71 Å². The molecule has 0 amide bonds. The van der Waals surface area contributed by atoms with Gasteiger partial charge in [-0.05, 0) is 59.7 Å². The number of halogens is 3. The molecule has 28 heavy (non-hydrogen) atoms. The Kier molecular flexibility index (Phi) is 6.00. The molecule has 0 radical (unpaired) electrons. The van der Waals surface area contributed by atoms with Gasteiger partial charge in [0.25, 0.3) is 0 Å². The molecule has 0 fully saturated rings. The largest absolute Gasteiger partial charge is 0.257 e. The van der Waals surface area contributed by atoms with Crippen LogP contribution in [0, 0.1) is 0 Å². The smallest absolute Gasteiger partial charge is 0.0831 e. The van der Waals surface area contributed by atoms with Crippen molar-refractivity contribution in [3.8, 4) is 0 Å². The maximum Gasteiger partial charge on any atom is 0.0831 e. The van der Waals surface area contributed by atoms with E-state index in [0.29, 0.717) is 5.02 Å². The van der Waals surface area contributed by atoms with Crippen molar-refractivity contribution in [1.82, 2.24) is 0 Å². The lowest BCUT2D eigenvalue weighted by Gasteiger charge is -2.24. The van der Waals surface area contributed by atoms with Crippen molar-refractivity contribution in [2.75, 3.05) is 5.01 Å². The summed E-state index contributed by atoms with van der Waals surface area (Å²) in [6.45, 7) is 0. The van der Waals surface area contributed by atoms with E-state index in [2.05, 4.69) is 85.4 Å². The Bertz CT molecular complexity index is 1030. The number of hydrogen-bond acceptors (Lipinski definition) is 2. The van der Waals surface area contributed by atoms with Gasteiger partial charge in [0, 0.05) is 20.4 Å². The molecule has 140 valence electrons. The third-order valence-corrected chi connectivity index (χ3v) is 5.89. The van der Waals surface area contributed by atoms with Crippen molar-refractivity contribution in [3.05, 3.63) is 104 Å².